The second-order valence-corrected chi connectivity index (χ2v) is 5.40. The van der Waals surface area contributed by atoms with Crippen molar-refractivity contribution < 1.29 is 14.6 Å². The van der Waals surface area contributed by atoms with Crippen LogP contribution in [-0.4, -0.2) is 30.1 Å². The normalized spacial score (nSPS) is 11.8. The zero-order chi connectivity index (χ0) is 16.1. The van der Waals surface area contributed by atoms with Crippen LogP contribution >= 0.6 is 11.6 Å². The number of halogens is 1. The molecule has 2 aromatic carbocycles. The Morgan fingerprint density at radius 2 is 1.95 bits per heavy atom. The van der Waals surface area contributed by atoms with Crippen LogP contribution in [0.1, 0.15) is 16.5 Å². The molecule has 0 aromatic heterocycles. The number of methoxy groups -OCH3 is 1. The zero-order valence-electron chi connectivity index (χ0n) is 12.5. The molecule has 1 N–H and O–H groups in total. The van der Waals surface area contributed by atoms with E-state index in [4.69, 9.17) is 16.3 Å². The number of carbonyl (C=O) groups is 1. The molecule has 116 valence electrons. The summed E-state index contributed by atoms with van der Waals surface area (Å²) in [7, 11) is 3.19. The van der Waals surface area contributed by atoms with E-state index in [-0.39, 0.29) is 18.2 Å². The minimum absolute atomic E-state index is 0.0878. The van der Waals surface area contributed by atoms with Gasteiger partial charge in [0.25, 0.3) is 0 Å². The second kappa shape index (κ2) is 7.18. The molecule has 1 unspecified atom stereocenters. The molecule has 2 aromatic rings. The Balaban J connectivity index is 2.08. The van der Waals surface area contributed by atoms with Gasteiger partial charge in [0.05, 0.1) is 7.11 Å². The molecule has 5 heteroatoms. The molecule has 0 heterocycles. The Kier molecular flexibility index (Phi) is 5.28. The highest BCUT2D eigenvalue weighted by molar-refractivity contribution is 6.30. The first kappa shape index (κ1) is 16.2. The SMILES string of the molecule is COc1ccc(CN(C)C(=O)C(Cl)c2ccccc2)c(O)c1. The molecule has 0 aliphatic heterocycles. The fourth-order valence-electron chi connectivity index (χ4n) is 2.10. The predicted molar refractivity (Wildman–Crippen MR) is 86.2 cm³/mol. The Morgan fingerprint density at radius 3 is 2.55 bits per heavy atom. The first-order chi connectivity index (χ1) is 10.5. The first-order valence-corrected chi connectivity index (χ1v) is 7.26. The van der Waals surface area contributed by atoms with Crippen molar-refractivity contribution in [3.63, 3.8) is 0 Å². The summed E-state index contributed by atoms with van der Waals surface area (Å²) in [4.78, 5) is 13.9. The number of likely N-dealkylation sites (N-methyl/N-ethyl adjacent to an activating group) is 1. The standard InChI is InChI=1S/C17H18ClNO3/c1-19(11-13-8-9-14(22-2)10-15(13)20)17(21)16(18)12-6-4-3-5-7-12/h3-10,16,20H,11H2,1-2H3. The molecule has 0 bridgehead atoms. The highest BCUT2D eigenvalue weighted by Crippen LogP contribution is 2.27. The quantitative estimate of drug-likeness (QED) is 0.860. The number of phenols is 1. The summed E-state index contributed by atoms with van der Waals surface area (Å²) in [5.74, 6) is 0.433. The largest absolute Gasteiger partial charge is 0.507 e. The van der Waals surface area contributed by atoms with Crippen molar-refractivity contribution >= 4 is 17.5 Å². The number of hydrogen-bond donors (Lipinski definition) is 1. The van der Waals surface area contributed by atoms with Crippen LogP contribution in [-0.2, 0) is 11.3 Å². The molecule has 0 radical (unpaired) electrons. The van der Waals surface area contributed by atoms with Crippen LogP contribution < -0.4 is 4.74 Å². The van der Waals surface area contributed by atoms with Gasteiger partial charge in [0.2, 0.25) is 5.91 Å². The van der Waals surface area contributed by atoms with Crippen molar-refractivity contribution in [1.29, 1.82) is 0 Å². The third-order valence-corrected chi connectivity index (χ3v) is 3.82. The third-order valence-electron chi connectivity index (χ3n) is 3.39. The fraction of sp³-hybridized carbons (Fsp3) is 0.235. The number of rotatable bonds is 5. The fourth-order valence-corrected chi connectivity index (χ4v) is 2.41. The highest BCUT2D eigenvalue weighted by atomic mass is 35.5. The molecule has 2 rings (SSSR count). The molecular formula is C17H18ClNO3. The summed E-state index contributed by atoms with van der Waals surface area (Å²) in [5.41, 5.74) is 1.38. The average Bonchev–Trinajstić information content (AvgIpc) is 2.56. The summed E-state index contributed by atoms with van der Waals surface area (Å²) in [6.45, 7) is 0.269. The van der Waals surface area contributed by atoms with E-state index in [1.807, 2.05) is 30.3 Å². The summed E-state index contributed by atoms with van der Waals surface area (Å²) >= 11 is 6.23. The van der Waals surface area contributed by atoms with Gasteiger partial charge < -0.3 is 14.7 Å². The van der Waals surface area contributed by atoms with E-state index in [1.165, 1.54) is 18.1 Å². The number of nitrogens with zero attached hydrogens (tertiary/aromatic N) is 1. The predicted octanol–water partition coefficient (Wildman–Crippen LogP) is 3.34. The Hall–Kier alpha value is -2.20. The van der Waals surface area contributed by atoms with Gasteiger partial charge in [0.15, 0.2) is 0 Å². The number of amides is 1. The molecule has 0 aliphatic carbocycles. The minimum atomic E-state index is -0.744. The van der Waals surface area contributed by atoms with Gasteiger partial charge >= 0.3 is 0 Å². The number of carbonyl (C=O) groups excluding carboxylic acids is 1. The number of benzene rings is 2. The molecule has 1 amide bonds. The first-order valence-electron chi connectivity index (χ1n) is 6.82. The van der Waals surface area contributed by atoms with Crippen molar-refractivity contribution in [2.45, 2.75) is 11.9 Å². The summed E-state index contributed by atoms with van der Waals surface area (Å²) in [5, 5.41) is 9.21. The topological polar surface area (TPSA) is 49.8 Å². The lowest BCUT2D eigenvalue weighted by molar-refractivity contribution is -0.130. The molecule has 0 aliphatic rings. The zero-order valence-corrected chi connectivity index (χ0v) is 13.2. The van der Waals surface area contributed by atoms with Crippen LogP contribution in [0.2, 0.25) is 0 Å². The van der Waals surface area contributed by atoms with E-state index in [0.717, 1.165) is 5.56 Å². The third kappa shape index (κ3) is 3.71. The lowest BCUT2D eigenvalue weighted by atomic mass is 10.1. The van der Waals surface area contributed by atoms with E-state index in [1.54, 1.807) is 19.2 Å². The number of alkyl halides is 1. The number of aromatic hydroxyl groups is 1. The molecule has 0 saturated carbocycles. The van der Waals surface area contributed by atoms with Crippen molar-refractivity contribution in [2.24, 2.45) is 0 Å². The second-order valence-electron chi connectivity index (χ2n) is 4.96. The molecule has 22 heavy (non-hydrogen) atoms. The van der Waals surface area contributed by atoms with E-state index in [9.17, 15) is 9.90 Å². The molecular weight excluding hydrogens is 302 g/mol. The van der Waals surface area contributed by atoms with Crippen LogP contribution in [0.3, 0.4) is 0 Å². The number of ether oxygens (including phenoxy) is 1. The van der Waals surface area contributed by atoms with Crippen molar-refractivity contribution in [1.82, 2.24) is 4.90 Å². The van der Waals surface area contributed by atoms with Gasteiger partial charge in [-0.05, 0) is 17.7 Å². The maximum absolute atomic E-state index is 12.4. The van der Waals surface area contributed by atoms with Gasteiger partial charge in [0.1, 0.15) is 16.9 Å². The smallest absolute Gasteiger partial charge is 0.245 e. The Bertz CT molecular complexity index is 646. The monoisotopic (exact) mass is 319 g/mol. The minimum Gasteiger partial charge on any atom is -0.507 e. The summed E-state index contributed by atoms with van der Waals surface area (Å²) in [6.07, 6.45) is 0. The van der Waals surface area contributed by atoms with Crippen molar-refractivity contribution in [2.75, 3.05) is 14.2 Å². The summed E-state index contributed by atoms with van der Waals surface area (Å²) < 4.78 is 5.04. The number of hydrogen-bond acceptors (Lipinski definition) is 3. The van der Waals surface area contributed by atoms with Crippen molar-refractivity contribution in [3.8, 4) is 11.5 Å². The van der Waals surface area contributed by atoms with E-state index >= 15 is 0 Å². The lowest BCUT2D eigenvalue weighted by Gasteiger charge is -2.21. The van der Waals surface area contributed by atoms with E-state index in [0.29, 0.717) is 11.3 Å². The van der Waals surface area contributed by atoms with Gasteiger partial charge in [-0.15, -0.1) is 11.6 Å². The van der Waals surface area contributed by atoms with E-state index in [2.05, 4.69) is 0 Å². The lowest BCUT2D eigenvalue weighted by Crippen LogP contribution is -2.29. The number of phenolic OH excluding ortho intramolecular Hbond substituents is 1. The van der Waals surface area contributed by atoms with Crippen LogP contribution in [0, 0.1) is 0 Å². The van der Waals surface area contributed by atoms with Crippen LogP contribution in [0.15, 0.2) is 48.5 Å². The highest BCUT2D eigenvalue weighted by Gasteiger charge is 2.22. The van der Waals surface area contributed by atoms with Gasteiger partial charge in [0, 0.05) is 25.2 Å². The Labute approximate surface area is 134 Å². The Morgan fingerprint density at radius 1 is 1.27 bits per heavy atom. The van der Waals surface area contributed by atoms with Crippen molar-refractivity contribution in [3.05, 3.63) is 59.7 Å². The maximum Gasteiger partial charge on any atom is 0.245 e. The van der Waals surface area contributed by atoms with Gasteiger partial charge in [-0.3, -0.25) is 4.79 Å². The van der Waals surface area contributed by atoms with Crippen LogP contribution in [0.5, 0.6) is 11.5 Å². The molecule has 0 saturated heterocycles. The van der Waals surface area contributed by atoms with Gasteiger partial charge in [-0.1, -0.05) is 30.3 Å². The molecule has 4 nitrogen and oxygen atoms in total. The maximum atomic E-state index is 12.4. The molecule has 0 spiro atoms. The molecule has 0 fully saturated rings. The van der Waals surface area contributed by atoms with Crippen LogP contribution in [0.25, 0.3) is 0 Å². The van der Waals surface area contributed by atoms with E-state index < -0.39 is 5.38 Å². The average molecular weight is 320 g/mol. The summed E-state index contributed by atoms with van der Waals surface area (Å²) in [6, 6.07) is 14.2. The van der Waals surface area contributed by atoms with Gasteiger partial charge in [-0.25, -0.2) is 0 Å². The van der Waals surface area contributed by atoms with Crippen LogP contribution in [0.4, 0.5) is 0 Å². The van der Waals surface area contributed by atoms with Gasteiger partial charge in [-0.2, -0.15) is 0 Å². The molecule has 1 atom stereocenters.